The molecule has 0 spiro atoms. The Morgan fingerprint density at radius 1 is 0.386 bits per heavy atom. The second kappa shape index (κ2) is 13.6. The molecule has 0 radical (unpaired) electrons. The minimum Gasteiger partial charge on any atom is -0.456 e. The number of nitrogens with zero attached hydrogens (tertiary/aromatic N) is 2. The van der Waals surface area contributed by atoms with Gasteiger partial charge in [-0.25, -0.2) is 4.98 Å². The molecule has 0 aliphatic rings. The Kier molecular flexibility index (Phi) is 7.78. The quantitative estimate of drug-likeness (QED) is 0.164. The van der Waals surface area contributed by atoms with Gasteiger partial charge in [0.25, 0.3) is 0 Å². The second-order valence-corrected chi connectivity index (χ2v) is 14.3. The molecule has 11 aromatic rings. The summed E-state index contributed by atoms with van der Waals surface area (Å²) in [7, 11) is 0. The summed E-state index contributed by atoms with van der Waals surface area (Å²) in [5.74, 6) is 0.580. The Balaban J connectivity index is 1.07. The van der Waals surface area contributed by atoms with Gasteiger partial charge in [-0.2, -0.15) is 0 Å². The van der Waals surface area contributed by atoms with Crippen molar-refractivity contribution in [3.05, 3.63) is 206 Å². The van der Waals surface area contributed by atoms with Crippen molar-refractivity contribution in [1.29, 1.82) is 0 Å². The third-order valence-corrected chi connectivity index (χ3v) is 10.9. The van der Waals surface area contributed by atoms with Crippen LogP contribution in [0.5, 0.6) is 0 Å². The first-order chi connectivity index (χ1) is 28.2. The molecule has 0 saturated heterocycles. The molecule has 57 heavy (non-hydrogen) atoms. The van der Waals surface area contributed by atoms with Crippen LogP contribution in [0.15, 0.2) is 215 Å². The average molecular weight is 731 g/mol. The van der Waals surface area contributed by atoms with Gasteiger partial charge in [0.05, 0.1) is 11.1 Å². The summed E-state index contributed by atoms with van der Waals surface area (Å²) in [4.78, 5) is 7.45. The van der Waals surface area contributed by atoms with E-state index < -0.39 is 0 Å². The molecular weight excluding hydrogens is 697 g/mol. The Labute approximate surface area is 329 Å². The van der Waals surface area contributed by atoms with Crippen LogP contribution >= 0.6 is 0 Å². The van der Waals surface area contributed by atoms with Crippen LogP contribution in [0.2, 0.25) is 0 Å². The molecule has 4 nitrogen and oxygen atoms in total. The molecule has 0 saturated carbocycles. The molecule has 2 aromatic heterocycles. The van der Waals surface area contributed by atoms with Gasteiger partial charge in [-0.1, -0.05) is 146 Å². The zero-order valence-corrected chi connectivity index (χ0v) is 30.8. The van der Waals surface area contributed by atoms with Gasteiger partial charge in [0, 0.05) is 33.5 Å². The van der Waals surface area contributed by atoms with E-state index in [0.717, 1.165) is 77.9 Å². The van der Waals surface area contributed by atoms with E-state index in [2.05, 4.69) is 163 Å². The van der Waals surface area contributed by atoms with E-state index in [4.69, 9.17) is 13.8 Å². The van der Waals surface area contributed by atoms with Gasteiger partial charge in [0.2, 0.25) is 5.89 Å². The highest BCUT2D eigenvalue weighted by atomic mass is 16.4. The number of furan rings is 1. The number of oxazole rings is 1. The average Bonchev–Trinajstić information content (AvgIpc) is 3.90. The van der Waals surface area contributed by atoms with E-state index in [1.807, 2.05) is 48.5 Å². The molecular formula is C53H34N2O2. The molecule has 0 aliphatic carbocycles. The Hall–Kier alpha value is -7.69. The van der Waals surface area contributed by atoms with Crippen molar-refractivity contribution < 1.29 is 8.83 Å². The molecule has 0 N–H and O–H groups in total. The monoisotopic (exact) mass is 730 g/mol. The molecule has 0 atom stereocenters. The highest BCUT2D eigenvalue weighted by Crippen LogP contribution is 2.45. The highest BCUT2D eigenvalue weighted by Gasteiger charge is 2.22. The van der Waals surface area contributed by atoms with Gasteiger partial charge < -0.3 is 13.7 Å². The number of benzene rings is 9. The van der Waals surface area contributed by atoms with Crippen LogP contribution in [-0.4, -0.2) is 4.98 Å². The van der Waals surface area contributed by atoms with Crippen molar-refractivity contribution in [1.82, 2.24) is 4.98 Å². The molecule has 11 rings (SSSR count). The smallest absolute Gasteiger partial charge is 0.227 e. The number of anilines is 3. The van der Waals surface area contributed by atoms with Gasteiger partial charge in [-0.3, -0.25) is 0 Å². The number of hydrogen-bond donors (Lipinski definition) is 0. The lowest BCUT2D eigenvalue weighted by atomic mass is 9.98. The predicted octanol–water partition coefficient (Wildman–Crippen LogP) is 15.0. The highest BCUT2D eigenvalue weighted by molar-refractivity contribution is 6.19. The molecule has 0 amide bonds. The normalized spacial score (nSPS) is 11.5. The largest absolute Gasteiger partial charge is 0.456 e. The van der Waals surface area contributed by atoms with E-state index >= 15 is 0 Å². The summed E-state index contributed by atoms with van der Waals surface area (Å²) in [6.07, 6.45) is 0. The van der Waals surface area contributed by atoms with Crippen LogP contribution in [0.3, 0.4) is 0 Å². The number of hydrogen-bond acceptors (Lipinski definition) is 4. The van der Waals surface area contributed by atoms with Crippen LogP contribution in [0.4, 0.5) is 17.1 Å². The summed E-state index contributed by atoms with van der Waals surface area (Å²) >= 11 is 0. The molecule has 0 unspecified atom stereocenters. The molecule has 0 fully saturated rings. The number of aromatic nitrogens is 1. The van der Waals surface area contributed by atoms with Gasteiger partial charge in [-0.05, 0) is 93.7 Å². The second-order valence-electron chi connectivity index (χ2n) is 14.3. The first-order valence-electron chi connectivity index (χ1n) is 19.2. The van der Waals surface area contributed by atoms with Crippen molar-refractivity contribution in [2.24, 2.45) is 0 Å². The molecule has 0 bridgehead atoms. The topological polar surface area (TPSA) is 42.4 Å². The lowest BCUT2D eigenvalue weighted by molar-refractivity contribution is 0.620. The lowest BCUT2D eigenvalue weighted by Gasteiger charge is -2.28. The summed E-state index contributed by atoms with van der Waals surface area (Å²) in [6.45, 7) is 0. The summed E-state index contributed by atoms with van der Waals surface area (Å²) < 4.78 is 13.1. The Morgan fingerprint density at radius 3 is 1.75 bits per heavy atom. The van der Waals surface area contributed by atoms with Crippen molar-refractivity contribution in [2.45, 2.75) is 0 Å². The molecule has 268 valence electrons. The van der Waals surface area contributed by atoms with Gasteiger partial charge in [0.1, 0.15) is 16.7 Å². The Morgan fingerprint density at radius 2 is 0.982 bits per heavy atom. The first-order valence-corrected chi connectivity index (χ1v) is 19.2. The fraction of sp³-hybridized carbons (Fsp3) is 0. The van der Waals surface area contributed by atoms with Crippen LogP contribution in [0, 0.1) is 0 Å². The third-order valence-electron chi connectivity index (χ3n) is 10.9. The van der Waals surface area contributed by atoms with Crippen LogP contribution in [-0.2, 0) is 0 Å². The molecule has 0 aliphatic heterocycles. The van der Waals surface area contributed by atoms with Crippen LogP contribution < -0.4 is 4.90 Å². The maximum Gasteiger partial charge on any atom is 0.227 e. The van der Waals surface area contributed by atoms with Gasteiger partial charge >= 0.3 is 0 Å². The van der Waals surface area contributed by atoms with Crippen molar-refractivity contribution in [2.75, 3.05) is 4.90 Å². The van der Waals surface area contributed by atoms with E-state index in [1.165, 1.54) is 21.9 Å². The number of fused-ring (bicyclic) bond motifs is 6. The van der Waals surface area contributed by atoms with Crippen LogP contribution in [0.1, 0.15) is 0 Å². The van der Waals surface area contributed by atoms with Gasteiger partial charge in [-0.15, -0.1) is 0 Å². The van der Waals surface area contributed by atoms with Crippen molar-refractivity contribution in [3.63, 3.8) is 0 Å². The van der Waals surface area contributed by atoms with E-state index in [0.29, 0.717) is 5.89 Å². The molecule has 2 heterocycles. The van der Waals surface area contributed by atoms with E-state index in [-0.39, 0.29) is 0 Å². The zero-order chi connectivity index (χ0) is 37.7. The first kappa shape index (κ1) is 32.7. The maximum absolute atomic E-state index is 6.66. The zero-order valence-electron chi connectivity index (χ0n) is 30.8. The molecule has 4 heteroatoms. The minimum absolute atomic E-state index is 0.580. The standard InChI is InChI=1S/C53H34N2O2/c1-3-13-35(14-4-1)37-25-29-42(30-26-37)55(47-21-11-9-19-44(47)41-24-23-36-15-7-8-18-40(36)33-41)43-31-27-38(28-32-43)46-34-49-50(45-20-10-12-22-48(45)56-49)51-52(46)57-53(54-51)39-16-5-2-6-17-39/h1-34H. The summed E-state index contributed by atoms with van der Waals surface area (Å²) in [5.41, 5.74) is 13.8. The SMILES string of the molecule is c1ccc(-c2ccc(N(c3ccc(-c4cc5oc6ccccc6c5c5nc(-c6ccccc6)oc45)cc3)c3ccccc3-c3ccc4ccccc4c3)cc2)cc1. The van der Waals surface area contributed by atoms with E-state index in [1.54, 1.807) is 0 Å². The van der Waals surface area contributed by atoms with Gasteiger partial charge in [0.15, 0.2) is 5.58 Å². The van der Waals surface area contributed by atoms with Crippen molar-refractivity contribution in [3.8, 4) is 44.8 Å². The molecule has 9 aromatic carbocycles. The lowest BCUT2D eigenvalue weighted by Crippen LogP contribution is -2.11. The third kappa shape index (κ3) is 5.74. The van der Waals surface area contributed by atoms with Crippen LogP contribution in [0.25, 0.3) is 88.6 Å². The summed E-state index contributed by atoms with van der Waals surface area (Å²) in [5, 5.41) is 4.41. The van der Waals surface area contributed by atoms with E-state index in [9.17, 15) is 0 Å². The Bertz CT molecular complexity index is 3220. The fourth-order valence-electron chi connectivity index (χ4n) is 8.12. The van der Waals surface area contributed by atoms with Crippen molar-refractivity contribution >= 4 is 60.9 Å². The number of para-hydroxylation sites is 2. The summed E-state index contributed by atoms with van der Waals surface area (Å²) in [6, 6.07) is 72.3. The predicted molar refractivity (Wildman–Crippen MR) is 235 cm³/mol. The maximum atomic E-state index is 6.66. The fourth-order valence-corrected chi connectivity index (χ4v) is 8.12. The number of rotatable bonds is 7. The minimum atomic E-state index is 0.580.